The molecule has 2 aromatic heterocycles. The number of carboxylic acids is 1. The monoisotopic (exact) mass is 552 g/mol. The number of para-hydroxylation sites is 2. The van der Waals surface area contributed by atoms with Crippen molar-refractivity contribution >= 4 is 28.6 Å². The fourth-order valence-electron chi connectivity index (χ4n) is 5.02. The summed E-state index contributed by atoms with van der Waals surface area (Å²) >= 11 is 0. The lowest BCUT2D eigenvalue weighted by Gasteiger charge is -2.31. The Bertz CT molecular complexity index is 1510. The second-order valence-corrected chi connectivity index (χ2v) is 10.0. The van der Waals surface area contributed by atoms with E-state index in [1.54, 1.807) is 0 Å². The van der Waals surface area contributed by atoms with Gasteiger partial charge < -0.3 is 19.7 Å². The Kier molecular flexibility index (Phi) is 7.46. The molecule has 40 heavy (non-hydrogen) atoms. The van der Waals surface area contributed by atoms with Crippen LogP contribution in [0.15, 0.2) is 60.8 Å². The number of H-pyrrole nitrogens is 1. The summed E-state index contributed by atoms with van der Waals surface area (Å²) in [6, 6.07) is 13.1. The summed E-state index contributed by atoms with van der Waals surface area (Å²) in [7, 11) is 0. The third-order valence-corrected chi connectivity index (χ3v) is 7.16. The van der Waals surface area contributed by atoms with E-state index < -0.39 is 23.6 Å². The minimum absolute atomic E-state index is 0.0154. The van der Waals surface area contributed by atoms with Crippen LogP contribution in [0, 0.1) is 11.8 Å². The van der Waals surface area contributed by atoms with E-state index in [4.69, 9.17) is 4.74 Å². The lowest BCUT2D eigenvalue weighted by atomic mass is 9.82. The predicted octanol–water partition coefficient (Wildman–Crippen LogP) is 6.83. The molecule has 0 atom stereocenters. The van der Waals surface area contributed by atoms with Crippen molar-refractivity contribution in [3.05, 3.63) is 77.7 Å². The lowest BCUT2D eigenvalue weighted by molar-refractivity contribution is -0.138. The molecular formula is C29H27F3N4O4. The number of carboxylic acid groups (broad SMARTS) is 1. The zero-order valence-electron chi connectivity index (χ0n) is 21.6. The number of benzene rings is 2. The van der Waals surface area contributed by atoms with E-state index in [-0.39, 0.29) is 35.4 Å². The van der Waals surface area contributed by atoms with Crippen LogP contribution >= 0.6 is 0 Å². The minimum Gasteiger partial charge on any atom is -0.478 e. The molecule has 208 valence electrons. The van der Waals surface area contributed by atoms with Gasteiger partial charge in [-0.2, -0.15) is 13.2 Å². The molecule has 0 radical (unpaired) electrons. The molecule has 1 aliphatic rings. The van der Waals surface area contributed by atoms with Crippen molar-refractivity contribution in [1.29, 1.82) is 0 Å². The number of aromatic carboxylic acids is 1. The topological polar surface area (TPSA) is 108 Å². The number of imidazole rings is 1. The standard InChI is InChI=1S/C29H27F3N4O4/c1-17-8-10-18(11-9-17)27(37)36(16-25-34-22-6-2-3-7-23(22)35-25)24-13-12-19(15-20(24)28(38)39)40-26-21(29(30,31)32)5-4-14-33-26/h2-7,12-15,17-18H,8-11,16H2,1H3,(H,34,35)(H,38,39)/t17-,18-. The maximum absolute atomic E-state index is 13.9. The van der Waals surface area contributed by atoms with Crippen LogP contribution in [0.4, 0.5) is 18.9 Å². The van der Waals surface area contributed by atoms with Crippen molar-refractivity contribution in [2.24, 2.45) is 11.8 Å². The van der Waals surface area contributed by atoms with Crippen molar-refractivity contribution < 1.29 is 32.6 Å². The zero-order valence-corrected chi connectivity index (χ0v) is 21.6. The highest BCUT2D eigenvalue weighted by Crippen LogP contribution is 2.38. The maximum Gasteiger partial charge on any atom is 0.421 e. The number of hydrogen-bond acceptors (Lipinski definition) is 5. The van der Waals surface area contributed by atoms with Gasteiger partial charge in [-0.3, -0.25) is 4.79 Å². The van der Waals surface area contributed by atoms with E-state index in [2.05, 4.69) is 21.9 Å². The molecule has 2 heterocycles. The van der Waals surface area contributed by atoms with Crippen LogP contribution in [0.2, 0.25) is 0 Å². The summed E-state index contributed by atoms with van der Waals surface area (Å²) in [5.74, 6) is -1.77. The molecule has 0 saturated heterocycles. The Hall–Kier alpha value is -4.41. The first kappa shape index (κ1) is 27.2. The summed E-state index contributed by atoms with van der Waals surface area (Å²) in [6.45, 7) is 2.12. The number of pyridine rings is 1. The van der Waals surface area contributed by atoms with E-state index in [9.17, 15) is 27.9 Å². The van der Waals surface area contributed by atoms with Gasteiger partial charge in [0.1, 0.15) is 17.1 Å². The van der Waals surface area contributed by atoms with Gasteiger partial charge in [0, 0.05) is 12.1 Å². The van der Waals surface area contributed by atoms with Crippen LogP contribution < -0.4 is 9.64 Å². The number of ether oxygens (including phenoxy) is 1. The summed E-state index contributed by atoms with van der Waals surface area (Å²) in [5.41, 5.74) is 0.185. The maximum atomic E-state index is 13.9. The highest BCUT2D eigenvalue weighted by atomic mass is 19.4. The predicted molar refractivity (Wildman–Crippen MR) is 141 cm³/mol. The quantitative estimate of drug-likeness (QED) is 0.260. The second kappa shape index (κ2) is 11.0. The van der Waals surface area contributed by atoms with Gasteiger partial charge in [-0.1, -0.05) is 19.1 Å². The lowest BCUT2D eigenvalue weighted by Crippen LogP contribution is -2.38. The van der Waals surface area contributed by atoms with E-state index in [0.29, 0.717) is 30.1 Å². The fraction of sp³-hybridized carbons (Fsp3) is 0.310. The Morgan fingerprint density at radius 2 is 1.82 bits per heavy atom. The summed E-state index contributed by atoms with van der Waals surface area (Å²) in [6.07, 6.45) is -0.430. The van der Waals surface area contributed by atoms with Crippen LogP contribution in [-0.2, 0) is 17.5 Å². The number of rotatable bonds is 7. The Morgan fingerprint density at radius 1 is 1.07 bits per heavy atom. The average molecular weight is 553 g/mol. The molecular weight excluding hydrogens is 525 g/mol. The molecule has 1 amide bonds. The van der Waals surface area contributed by atoms with E-state index in [1.807, 2.05) is 24.3 Å². The average Bonchev–Trinajstić information content (AvgIpc) is 3.34. The number of halogens is 3. The van der Waals surface area contributed by atoms with Gasteiger partial charge in [-0.15, -0.1) is 0 Å². The van der Waals surface area contributed by atoms with Gasteiger partial charge in [0.2, 0.25) is 11.8 Å². The smallest absolute Gasteiger partial charge is 0.421 e. The number of alkyl halides is 3. The number of carbonyl (C=O) groups excluding carboxylic acids is 1. The van der Waals surface area contributed by atoms with Crippen molar-refractivity contribution in [3.63, 3.8) is 0 Å². The molecule has 0 bridgehead atoms. The number of carbonyl (C=O) groups is 2. The minimum atomic E-state index is -4.72. The molecule has 0 unspecified atom stereocenters. The first-order valence-electron chi connectivity index (χ1n) is 12.9. The molecule has 0 aliphatic heterocycles. The summed E-state index contributed by atoms with van der Waals surface area (Å²) in [4.78, 5) is 39.1. The number of nitrogens with one attached hydrogen (secondary N) is 1. The van der Waals surface area contributed by atoms with Crippen molar-refractivity contribution in [2.75, 3.05) is 4.90 Å². The van der Waals surface area contributed by atoms with E-state index in [1.165, 1.54) is 17.0 Å². The number of anilines is 1. The molecule has 4 aromatic rings. The number of hydrogen-bond donors (Lipinski definition) is 2. The van der Waals surface area contributed by atoms with E-state index >= 15 is 0 Å². The molecule has 1 aliphatic carbocycles. The van der Waals surface area contributed by atoms with Crippen molar-refractivity contribution in [1.82, 2.24) is 15.0 Å². The highest BCUT2D eigenvalue weighted by Gasteiger charge is 2.36. The third-order valence-electron chi connectivity index (χ3n) is 7.16. The number of amides is 1. The largest absolute Gasteiger partial charge is 0.478 e. The number of fused-ring (bicyclic) bond motifs is 1. The van der Waals surface area contributed by atoms with Gasteiger partial charge >= 0.3 is 12.1 Å². The second-order valence-electron chi connectivity index (χ2n) is 10.0. The first-order valence-corrected chi connectivity index (χ1v) is 12.9. The van der Waals surface area contributed by atoms with Crippen LogP contribution in [0.1, 0.15) is 54.4 Å². The SMILES string of the molecule is C[C@H]1CC[C@H](C(=O)N(Cc2nc3ccccc3[nH]2)c2ccc(Oc3ncccc3C(F)(F)F)cc2C(=O)O)CC1. The van der Waals surface area contributed by atoms with Crippen LogP contribution in [0.3, 0.4) is 0 Å². The van der Waals surface area contributed by atoms with Crippen LogP contribution in [-0.4, -0.2) is 31.9 Å². The number of aromatic nitrogens is 3. The van der Waals surface area contributed by atoms with Crippen molar-refractivity contribution in [2.45, 2.75) is 45.3 Å². The third kappa shape index (κ3) is 5.78. The molecule has 1 fully saturated rings. The summed E-state index contributed by atoms with van der Waals surface area (Å²) < 4.78 is 45.7. The molecule has 1 saturated carbocycles. The highest BCUT2D eigenvalue weighted by molar-refractivity contribution is 6.03. The molecule has 5 rings (SSSR count). The van der Waals surface area contributed by atoms with Crippen molar-refractivity contribution in [3.8, 4) is 11.6 Å². The Morgan fingerprint density at radius 3 is 2.52 bits per heavy atom. The normalized spacial score (nSPS) is 17.5. The molecule has 8 nitrogen and oxygen atoms in total. The van der Waals surface area contributed by atoms with Crippen LogP contribution in [0.25, 0.3) is 11.0 Å². The fourth-order valence-corrected chi connectivity index (χ4v) is 5.02. The van der Waals surface area contributed by atoms with Gasteiger partial charge in [0.25, 0.3) is 0 Å². The first-order chi connectivity index (χ1) is 19.1. The van der Waals surface area contributed by atoms with Gasteiger partial charge in [-0.05, 0) is 74.1 Å². The van der Waals surface area contributed by atoms with Gasteiger partial charge in [0.15, 0.2) is 0 Å². The zero-order chi connectivity index (χ0) is 28.4. The van der Waals surface area contributed by atoms with E-state index in [0.717, 1.165) is 42.8 Å². The molecule has 11 heteroatoms. The Labute approximate surface area is 227 Å². The number of nitrogens with zero attached hydrogens (tertiary/aromatic N) is 3. The molecule has 0 spiro atoms. The molecule has 2 N–H and O–H groups in total. The van der Waals surface area contributed by atoms with Crippen LogP contribution in [0.5, 0.6) is 11.6 Å². The summed E-state index contributed by atoms with van der Waals surface area (Å²) in [5, 5.41) is 10.1. The van der Waals surface area contributed by atoms with Gasteiger partial charge in [0.05, 0.1) is 28.8 Å². The number of aromatic amines is 1. The van der Waals surface area contributed by atoms with Gasteiger partial charge in [-0.25, -0.2) is 14.8 Å². The molecule has 2 aromatic carbocycles. The Balaban J connectivity index is 1.52.